The van der Waals surface area contributed by atoms with Gasteiger partial charge in [0, 0.05) is 6.54 Å². The Morgan fingerprint density at radius 2 is 1.95 bits per heavy atom. The lowest BCUT2D eigenvalue weighted by molar-refractivity contribution is -0.166. The van der Waals surface area contributed by atoms with Gasteiger partial charge in [0.25, 0.3) is 0 Å². The number of carbonyl (C=O) groups excluding carboxylic acids is 1. The van der Waals surface area contributed by atoms with Crippen LogP contribution in [-0.4, -0.2) is 49.5 Å². The summed E-state index contributed by atoms with van der Waals surface area (Å²) in [5.74, 6) is -1.84. The quantitative estimate of drug-likeness (QED) is 0.468. The lowest BCUT2D eigenvalue weighted by atomic mass is 10.2. The molecule has 21 heavy (non-hydrogen) atoms. The van der Waals surface area contributed by atoms with Gasteiger partial charge in [-0.2, -0.15) is 0 Å². The molecule has 0 saturated heterocycles. The van der Waals surface area contributed by atoms with Gasteiger partial charge in [-0.05, 0) is 5.56 Å². The predicted molar refractivity (Wildman–Crippen MR) is 73.5 cm³/mol. The SMILES string of the molecule is NCCOCC(OCC(=O)O)C(=O)OCc1ccccc1. The highest BCUT2D eigenvalue weighted by atomic mass is 16.6. The highest BCUT2D eigenvalue weighted by Gasteiger charge is 2.22. The van der Waals surface area contributed by atoms with Gasteiger partial charge in [0.05, 0.1) is 13.2 Å². The Labute approximate surface area is 122 Å². The molecule has 7 heteroatoms. The summed E-state index contributed by atoms with van der Waals surface area (Å²) in [5, 5.41) is 8.59. The van der Waals surface area contributed by atoms with Crippen molar-refractivity contribution in [3.8, 4) is 0 Å². The number of esters is 1. The van der Waals surface area contributed by atoms with E-state index in [1.54, 1.807) is 0 Å². The largest absolute Gasteiger partial charge is 0.480 e. The van der Waals surface area contributed by atoms with Crippen LogP contribution in [0.15, 0.2) is 30.3 Å². The highest BCUT2D eigenvalue weighted by Crippen LogP contribution is 2.04. The molecule has 0 saturated carbocycles. The van der Waals surface area contributed by atoms with Crippen LogP contribution in [0.1, 0.15) is 5.56 Å². The summed E-state index contributed by atoms with van der Waals surface area (Å²) in [6.45, 7) is -0.0672. The number of hydrogen-bond acceptors (Lipinski definition) is 6. The third-order valence-corrected chi connectivity index (χ3v) is 2.43. The molecule has 0 spiro atoms. The van der Waals surface area contributed by atoms with Crippen LogP contribution in [0.2, 0.25) is 0 Å². The zero-order valence-electron chi connectivity index (χ0n) is 11.6. The van der Waals surface area contributed by atoms with E-state index in [4.69, 9.17) is 25.1 Å². The molecule has 0 fully saturated rings. The Hall–Kier alpha value is -1.96. The molecule has 0 aliphatic carbocycles. The average Bonchev–Trinajstić information content (AvgIpc) is 2.49. The third-order valence-electron chi connectivity index (χ3n) is 2.43. The lowest BCUT2D eigenvalue weighted by Crippen LogP contribution is -2.33. The first-order valence-electron chi connectivity index (χ1n) is 6.45. The fraction of sp³-hybridized carbons (Fsp3) is 0.429. The van der Waals surface area contributed by atoms with Gasteiger partial charge in [-0.3, -0.25) is 0 Å². The van der Waals surface area contributed by atoms with E-state index in [0.29, 0.717) is 6.54 Å². The molecule has 0 aliphatic rings. The van der Waals surface area contributed by atoms with E-state index in [1.807, 2.05) is 30.3 Å². The van der Waals surface area contributed by atoms with Crippen molar-refractivity contribution < 1.29 is 28.9 Å². The Kier molecular flexibility index (Phi) is 8.03. The molecule has 1 aromatic rings. The molecular formula is C14H19NO6. The first-order valence-corrected chi connectivity index (χ1v) is 6.45. The fourth-order valence-corrected chi connectivity index (χ4v) is 1.45. The molecule has 0 radical (unpaired) electrons. The summed E-state index contributed by atoms with van der Waals surface area (Å²) in [6, 6.07) is 9.12. The summed E-state index contributed by atoms with van der Waals surface area (Å²) in [5.41, 5.74) is 6.10. The van der Waals surface area contributed by atoms with Crippen LogP contribution in [0.25, 0.3) is 0 Å². The predicted octanol–water partition coefficient (Wildman–Crippen LogP) is 0.175. The van der Waals surface area contributed by atoms with Crippen molar-refractivity contribution in [1.82, 2.24) is 0 Å². The van der Waals surface area contributed by atoms with Crippen molar-refractivity contribution >= 4 is 11.9 Å². The van der Waals surface area contributed by atoms with E-state index in [9.17, 15) is 9.59 Å². The number of benzene rings is 1. The van der Waals surface area contributed by atoms with Crippen molar-refractivity contribution in [2.75, 3.05) is 26.4 Å². The number of carboxylic acid groups (broad SMARTS) is 1. The first-order chi connectivity index (χ1) is 10.1. The van der Waals surface area contributed by atoms with Gasteiger partial charge in [-0.15, -0.1) is 0 Å². The molecule has 1 unspecified atom stereocenters. The second-order valence-corrected chi connectivity index (χ2v) is 4.15. The van der Waals surface area contributed by atoms with Gasteiger partial charge >= 0.3 is 11.9 Å². The topological polar surface area (TPSA) is 108 Å². The Balaban J connectivity index is 2.46. The summed E-state index contributed by atoms with van der Waals surface area (Å²) in [6.07, 6.45) is -1.09. The third kappa shape index (κ3) is 7.40. The van der Waals surface area contributed by atoms with E-state index in [-0.39, 0.29) is 19.8 Å². The molecule has 0 aromatic heterocycles. The van der Waals surface area contributed by atoms with Crippen LogP contribution in [-0.2, 0) is 30.4 Å². The van der Waals surface area contributed by atoms with Crippen LogP contribution in [0, 0.1) is 0 Å². The fourth-order valence-electron chi connectivity index (χ4n) is 1.45. The van der Waals surface area contributed by atoms with Crippen LogP contribution < -0.4 is 5.73 Å². The van der Waals surface area contributed by atoms with Gasteiger partial charge < -0.3 is 25.1 Å². The number of rotatable bonds is 10. The number of carboxylic acids is 1. The van der Waals surface area contributed by atoms with Crippen molar-refractivity contribution in [3.63, 3.8) is 0 Å². The summed E-state index contributed by atoms with van der Waals surface area (Å²) < 4.78 is 15.2. The van der Waals surface area contributed by atoms with Gasteiger partial charge in [0.15, 0.2) is 6.10 Å². The van der Waals surface area contributed by atoms with Gasteiger partial charge in [-0.25, -0.2) is 9.59 Å². The van der Waals surface area contributed by atoms with Crippen LogP contribution in [0.5, 0.6) is 0 Å². The van der Waals surface area contributed by atoms with Crippen molar-refractivity contribution in [2.45, 2.75) is 12.7 Å². The zero-order chi connectivity index (χ0) is 15.5. The van der Waals surface area contributed by atoms with E-state index in [1.165, 1.54) is 0 Å². The average molecular weight is 297 g/mol. The molecule has 116 valence electrons. The van der Waals surface area contributed by atoms with Crippen LogP contribution >= 0.6 is 0 Å². The maximum absolute atomic E-state index is 11.9. The molecule has 1 atom stereocenters. The second-order valence-electron chi connectivity index (χ2n) is 4.15. The van der Waals surface area contributed by atoms with E-state index < -0.39 is 24.6 Å². The smallest absolute Gasteiger partial charge is 0.338 e. The van der Waals surface area contributed by atoms with Crippen molar-refractivity contribution in [2.24, 2.45) is 5.73 Å². The second kappa shape index (κ2) is 9.87. The molecule has 1 rings (SSSR count). The molecule has 3 N–H and O–H groups in total. The minimum absolute atomic E-state index is 0.0868. The van der Waals surface area contributed by atoms with E-state index in [2.05, 4.69) is 0 Å². The van der Waals surface area contributed by atoms with Crippen LogP contribution in [0.4, 0.5) is 0 Å². The summed E-state index contributed by atoms with van der Waals surface area (Å²) in [7, 11) is 0. The molecular weight excluding hydrogens is 278 g/mol. The van der Waals surface area contributed by atoms with E-state index in [0.717, 1.165) is 5.56 Å². The minimum atomic E-state index is -1.17. The Morgan fingerprint density at radius 1 is 1.24 bits per heavy atom. The van der Waals surface area contributed by atoms with Gasteiger partial charge in [0.2, 0.25) is 0 Å². The zero-order valence-corrected chi connectivity index (χ0v) is 11.6. The summed E-state index contributed by atoms with van der Waals surface area (Å²) in [4.78, 5) is 22.4. The molecule has 0 heterocycles. The molecule has 7 nitrogen and oxygen atoms in total. The highest BCUT2D eigenvalue weighted by molar-refractivity contribution is 5.75. The molecule has 0 aliphatic heterocycles. The van der Waals surface area contributed by atoms with Gasteiger partial charge in [0.1, 0.15) is 13.2 Å². The number of hydrogen-bond donors (Lipinski definition) is 2. The van der Waals surface area contributed by atoms with Crippen molar-refractivity contribution in [1.29, 1.82) is 0 Å². The number of aliphatic carboxylic acids is 1. The number of carbonyl (C=O) groups is 2. The Bertz CT molecular complexity index is 436. The monoisotopic (exact) mass is 297 g/mol. The molecule has 1 aromatic carbocycles. The minimum Gasteiger partial charge on any atom is -0.480 e. The normalized spacial score (nSPS) is 11.9. The van der Waals surface area contributed by atoms with Gasteiger partial charge in [-0.1, -0.05) is 30.3 Å². The van der Waals surface area contributed by atoms with Crippen LogP contribution in [0.3, 0.4) is 0 Å². The maximum Gasteiger partial charge on any atom is 0.338 e. The molecule has 0 bridgehead atoms. The maximum atomic E-state index is 11.9. The number of nitrogens with two attached hydrogens (primary N) is 1. The van der Waals surface area contributed by atoms with Crippen molar-refractivity contribution in [3.05, 3.63) is 35.9 Å². The number of ether oxygens (including phenoxy) is 3. The summed E-state index contributed by atoms with van der Waals surface area (Å²) >= 11 is 0. The first kappa shape index (κ1) is 17.1. The van der Waals surface area contributed by atoms with E-state index >= 15 is 0 Å². The standard InChI is InChI=1S/C14H19NO6/c15-6-7-19-9-12(20-10-13(16)17)14(18)21-8-11-4-2-1-3-5-11/h1-5,12H,6-10,15H2,(H,16,17). The Morgan fingerprint density at radius 3 is 2.57 bits per heavy atom. The molecule has 0 amide bonds. The lowest BCUT2D eigenvalue weighted by Gasteiger charge is -2.16.